The molecule has 0 aliphatic carbocycles. The van der Waals surface area contributed by atoms with E-state index in [1.165, 1.54) is 6.26 Å². The predicted octanol–water partition coefficient (Wildman–Crippen LogP) is 2.20. The van der Waals surface area contributed by atoms with Gasteiger partial charge >= 0.3 is 6.09 Å². The Morgan fingerprint density at radius 2 is 1.61 bits per heavy atom. The van der Waals surface area contributed by atoms with Gasteiger partial charge in [-0.05, 0) is 53.0 Å². The summed E-state index contributed by atoms with van der Waals surface area (Å²) in [5.41, 5.74) is -0.519. The van der Waals surface area contributed by atoms with Crippen LogP contribution >= 0.6 is 0 Å². The van der Waals surface area contributed by atoms with Crippen LogP contribution in [0.25, 0.3) is 0 Å². The Hall–Kier alpha value is -0.820. The average Bonchev–Trinajstić information content (AvgIpc) is 2.29. The van der Waals surface area contributed by atoms with Crippen molar-refractivity contribution in [3.05, 3.63) is 0 Å². The van der Waals surface area contributed by atoms with Gasteiger partial charge in [0, 0.05) is 19.3 Å². The van der Waals surface area contributed by atoms with E-state index >= 15 is 0 Å². The highest BCUT2D eigenvalue weighted by Crippen LogP contribution is 2.15. The maximum atomic E-state index is 11.7. The monoisotopic (exact) mass is 350 g/mol. The summed E-state index contributed by atoms with van der Waals surface area (Å²) in [7, 11) is -3.12. The van der Waals surface area contributed by atoms with Crippen LogP contribution in [0.5, 0.6) is 0 Å². The molecular formula is C16H34N2O4S. The maximum absolute atomic E-state index is 11.7. The number of hydrogen-bond acceptors (Lipinski definition) is 5. The first-order chi connectivity index (χ1) is 10.2. The van der Waals surface area contributed by atoms with Crippen molar-refractivity contribution in [3.8, 4) is 0 Å². The second kappa shape index (κ2) is 8.33. The Morgan fingerprint density at radius 3 is 2.00 bits per heavy atom. The van der Waals surface area contributed by atoms with E-state index < -0.39 is 26.3 Å². The highest BCUT2D eigenvalue weighted by Gasteiger charge is 2.30. The standard InChI is InChI=1S/C16H34N2O4S/c1-12(2)13(10-18-14(19)22-15(3,4)5)9-17-11-16(6,7)23(8,20)21/h12-13,17H,9-11H2,1-8H3,(H,18,19). The highest BCUT2D eigenvalue weighted by molar-refractivity contribution is 7.92. The van der Waals surface area contributed by atoms with Gasteiger partial charge in [-0.15, -0.1) is 0 Å². The zero-order chi connectivity index (χ0) is 18.5. The van der Waals surface area contributed by atoms with Gasteiger partial charge in [-0.25, -0.2) is 13.2 Å². The van der Waals surface area contributed by atoms with Gasteiger partial charge in [0.15, 0.2) is 9.84 Å². The van der Waals surface area contributed by atoms with E-state index in [4.69, 9.17) is 4.74 Å². The van der Waals surface area contributed by atoms with Gasteiger partial charge in [0.1, 0.15) is 5.60 Å². The topological polar surface area (TPSA) is 84.5 Å². The first-order valence-electron chi connectivity index (χ1n) is 8.03. The minimum atomic E-state index is -3.12. The Labute approximate surface area is 141 Å². The quantitative estimate of drug-likeness (QED) is 0.701. The lowest BCUT2D eigenvalue weighted by atomic mass is 9.95. The number of hydrogen-bond donors (Lipinski definition) is 2. The summed E-state index contributed by atoms with van der Waals surface area (Å²) >= 11 is 0. The van der Waals surface area contributed by atoms with Crippen LogP contribution < -0.4 is 10.6 Å². The van der Waals surface area contributed by atoms with E-state index in [1.807, 2.05) is 20.8 Å². The van der Waals surface area contributed by atoms with Crippen LogP contribution in [0.3, 0.4) is 0 Å². The number of nitrogens with one attached hydrogen (secondary N) is 2. The summed E-state index contributed by atoms with van der Waals surface area (Å²) in [4.78, 5) is 11.7. The van der Waals surface area contributed by atoms with Crippen molar-refractivity contribution in [2.75, 3.05) is 25.9 Å². The molecule has 0 rings (SSSR count). The second-order valence-corrected chi connectivity index (χ2v) is 10.7. The molecule has 23 heavy (non-hydrogen) atoms. The highest BCUT2D eigenvalue weighted by atomic mass is 32.2. The van der Waals surface area contributed by atoms with E-state index in [0.717, 1.165) is 0 Å². The lowest BCUT2D eigenvalue weighted by Crippen LogP contribution is -2.45. The first kappa shape index (κ1) is 22.2. The molecule has 1 unspecified atom stereocenters. The van der Waals surface area contributed by atoms with Crippen LogP contribution in [0, 0.1) is 11.8 Å². The molecule has 6 nitrogen and oxygen atoms in total. The van der Waals surface area contributed by atoms with Crippen LogP contribution in [0.2, 0.25) is 0 Å². The number of ether oxygens (including phenoxy) is 1. The van der Waals surface area contributed by atoms with Gasteiger partial charge in [0.05, 0.1) is 4.75 Å². The normalized spacial score (nSPS) is 14.7. The second-order valence-electron chi connectivity index (χ2n) is 8.05. The van der Waals surface area contributed by atoms with E-state index in [0.29, 0.717) is 25.6 Å². The molecule has 0 radical (unpaired) electrons. The van der Waals surface area contributed by atoms with E-state index in [1.54, 1.807) is 13.8 Å². The molecule has 0 saturated carbocycles. The zero-order valence-electron chi connectivity index (χ0n) is 15.8. The van der Waals surface area contributed by atoms with Crippen molar-refractivity contribution in [2.24, 2.45) is 11.8 Å². The molecule has 0 bridgehead atoms. The Morgan fingerprint density at radius 1 is 1.09 bits per heavy atom. The molecular weight excluding hydrogens is 316 g/mol. The van der Waals surface area contributed by atoms with E-state index in [9.17, 15) is 13.2 Å². The molecule has 0 aliphatic rings. The molecule has 0 aromatic carbocycles. The fourth-order valence-corrected chi connectivity index (χ4v) is 2.13. The number of rotatable bonds is 8. The molecule has 2 N–H and O–H groups in total. The summed E-state index contributed by atoms with van der Waals surface area (Å²) < 4.78 is 27.8. The average molecular weight is 351 g/mol. The lowest BCUT2D eigenvalue weighted by molar-refractivity contribution is 0.0515. The molecule has 0 spiro atoms. The molecule has 1 amide bonds. The third-order valence-corrected chi connectivity index (χ3v) is 5.96. The third-order valence-electron chi connectivity index (χ3n) is 3.81. The summed E-state index contributed by atoms with van der Waals surface area (Å²) in [5.74, 6) is 0.539. The van der Waals surface area contributed by atoms with Crippen molar-refractivity contribution in [1.82, 2.24) is 10.6 Å². The molecule has 1 atom stereocenters. The summed E-state index contributed by atoms with van der Waals surface area (Å²) in [6, 6.07) is 0. The molecule has 138 valence electrons. The van der Waals surface area contributed by atoms with Crippen molar-refractivity contribution in [1.29, 1.82) is 0 Å². The number of carbonyl (C=O) groups is 1. The van der Waals surface area contributed by atoms with Crippen molar-refractivity contribution >= 4 is 15.9 Å². The Balaban J connectivity index is 4.42. The first-order valence-corrected chi connectivity index (χ1v) is 9.92. The maximum Gasteiger partial charge on any atom is 0.407 e. The molecule has 0 fully saturated rings. The van der Waals surface area contributed by atoms with Crippen LogP contribution in [-0.2, 0) is 14.6 Å². The minimum absolute atomic E-state index is 0.192. The van der Waals surface area contributed by atoms with Crippen LogP contribution in [0.1, 0.15) is 48.5 Å². The SMILES string of the molecule is CC(C)C(CNCC(C)(C)S(C)(=O)=O)CNC(=O)OC(C)(C)C. The Kier molecular flexibility index (Phi) is 8.03. The van der Waals surface area contributed by atoms with Crippen LogP contribution in [0.4, 0.5) is 4.79 Å². The zero-order valence-corrected chi connectivity index (χ0v) is 16.6. The summed E-state index contributed by atoms with van der Waals surface area (Å²) in [6.45, 7) is 14.5. The smallest absolute Gasteiger partial charge is 0.407 e. The van der Waals surface area contributed by atoms with Crippen molar-refractivity contribution in [2.45, 2.75) is 58.8 Å². The number of alkyl carbamates (subject to hydrolysis) is 1. The summed E-state index contributed by atoms with van der Waals surface area (Å²) in [6.07, 6.45) is 0.818. The number of sulfone groups is 1. The fraction of sp³-hybridized carbons (Fsp3) is 0.938. The molecule has 0 aromatic heterocycles. The number of carbonyl (C=O) groups excluding carboxylic acids is 1. The largest absolute Gasteiger partial charge is 0.444 e. The summed E-state index contributed by atoms with van der Waals surface area (Å²) in [5, 5.41) is 5.99. The minimum Gasteiger partial charge on any atom is -0.444 e. The van der Waals surface area contributed by atoms with E-state index in [-0.39, 0.29) is 5.92 Å². The van der Waals surface area contributed by atoms with Crippen LogP contribution in [0.15, 0.2) is 0 Å². The van der Waals surface area contributed by atoms with Crippen LogP contribution in [-0.4, -0.2) is 50.7 Å². The van der Waals surface area contributed by atoms with Gasteiger partial charge in [-0.2, -0.15) is 0 Å². The van der Waals surface area contributed by atoms with Crippen molar-refractivity contribution in [3.63, 3.8) is 0 Å². The van der Waals surface area contributed by atoms with Gasteiger partial charge in [-0.3, -0.25) is 0 Å². The van der Waals surface area contributed by atoms with Gasteiger partial charge in [0.2, 0.25) is 0 Å². The molecule has 0 saturated heterocycles. The third kappa shape index (κ3) is 9.15. The fourth-order valence-electron chi connectivity index (χ4n) is 1.76. The number of amides is 1. The van der Waals surface area contributed by atoms with Gasteiger partial charge in [0.25, 0.3) is 0 Å². The molecule has 0 aliphatic heterocycles. The lowest BCUT2D eigenvalue weighted by Gasteiger charge is -2.27. The van der Waals surface area contributed by atoms with Gasteiger partial charge in [-0.1, -0.05) is 13.8 Å². The predicted molar refractivity (Wildman–Crippen MR) is 94.4 cm³/mol. The van der Waals surface area contributed by atoms with E-state index in [2.05, 4.69) is 24.5 Å². The van der Waals surface area contributed by atoms with Gasteiger partial charge < -0.3 is 15.4 Å². The molecule has 0 heterocycles. The molecule has 0 aromatic rings. The molecule has 7 heteroatoms. The Bertz CT molecular complexity index is 479. The van der Waals surface area contributed by atoms with Crippen molar-refractivity contribution < 1.29 is 17.9 Å².